The van der Waals surface area contributed by atoms with Crippen LogP contribution in [0.5, 0.6) is 0 Å². The summed E-state index contributed by atoms with van der Waals surface area (Å²) in [5.74, 6) is 1.07. The summed E-state index contributed by atoms with van der Waals surface area (Å²) in [6.07, 6.45) is 2.15. The third-order valence-corrected chi connectivity index (χ3v) is 1.77. The summed E-state index contributed by atoms with van der Waals surface area (Å²) in [5.41, 5.74) is 5.29. The Balaban J connectivity index is 2.20. The Labute approximate surface area is 81.6 Å². The summed E-state index contributed by atoms with van der Waals surface area (Å²) in [4.78, 5) is 0. The third-order valence-electron chi connectivity index (χ3n) is 1.77. The zero-order valence-electron chi connectivity index (χ0n) is 8.01. The summed E-state index contributed by atoms with van der Waals surface area (Å²) < 4.78 is 1.83. The van der Waals surface area contributed by atoms with Crippen molar-refractivity contribution in [2.45, 2.75) is 13.0 Å². The Morgan fingerprint density at radius 1 is 1.79 bits per heavy atom. The van der Waals surface area contributed by atoms with E-state index in [1.807, 2.05) is 11.6 Å². The predicted molar refractivity (Wildman–Crippen MR) is 50.7 cm³/mol. The molecular weight excluding hydrogens is 184 g/mol. The molecule has 0 atom stereocenters. The van der Waals surface area contributed by atoms with Gasteiger partial charge in [-0.05, 0) is 0 Å². The summed E-state index contributed by atoms with van der Waals surface area (Å²) in [7, 11) is 1.88. The fourth-order valence-electron chi connectivity index (χ4n) is 0.934. The van der Waals surface area contributed by atoms with Gasteiger partial charge < -0.3 is 20.8 Å². The van der Waals surface area contributed by atoms with Crippen LogP contribution >= 0.6 is 0 Å². The molecule has 14 heavy (non-hydrogen) atoms. The number of nitrogens with one attached hydrogen (secondary N) is 1. The van der Waals surface area contributed by atoms with Crippen molar-refractivity contribution in [1.82, 2.24) is 20.1 Å². The van der Waals surface area contributed by atoms with Crippen LogP contribution in [-0.2, 0) is 13.6 Å². The number of hydrogen-bond acceptors (Lipinski definition) is 5. The van der Waals surface area contributed by atoms with E-state index in [2.05, 4.69) is 20.7 Å². The fraction of sp³-hybridized carbons (Fsp3) is 0.571. The van der Waals surface area contributed by atoms with E-state index in [1.165, 1.54) is 0 Å². The summed E-state index contributed by atoms with van der Waals surface area (Å²) in [6.45, 7) is 1.26. The Morgan fingerprint density at radius 3 is 3.14 bits per heavy atom. The number of rotatable bonds is 5. The van der Waals surface area contributed by atoms with Crippen LogP contribution in [0, 0.1) is 0 Å². The average Bonchev–Trinajstić information content (AvgIpc) is 2.58. The first-order valence-electron chi connectivity index (χ1n) is 4.24. The minimum atomic E-state index is 0.218. The molecule has 1 aromatic rings. The summed E-state index contributed by atoms with van der Waals surface area (Å²) >= 11 is 0. The number of aryl methyl sites for hydroxylation is 1. The molecule has 0 fully saturated rings. The highest BCUT2D eigenvalue weighted by molar-refractivity contribution is 5.79. The summed E-state index contributed by atoms with van der Waals surface area (Å²) in [5, 5.41) is 21.9. The second kappa shape index (κ2) is 5.18. The lowest BCUT2D eigenvalue weighted by atomic mass is 10.4. The molecule has 1 heterocycles. The highest BCUT2D eigenvalue weighted by Gasteiger charge is 1.99. The lowest BCUT2D eigenvalue weighted by Gasteiger charge is -2.02. The number of hydrogen-bond donors (Lipinski definition) is 3. The molecule has 0 saturated carbocycles. The zero-order valence-corrected chi connectivity index (χ0v) is 8.01. The van der Waals surface area contributed by atoms with Crippen molar-refractivity contribution in [2.24, 2.45) is 17.9 Å². The lowest BCUT2D eigenvalue weighted by molar-refractivity contribution is 0.316. The fourth-order valence-corrected chi connectivity index (χ4v) is 0.934. The van der Waals surface area contributed by atoms with Gasteiger partial charge in [-0.25, -0.2) is 0 Å². The van der Waals surface area contributed by atoms with Gasteiger partial charge in [0.15, 0.2) is 0 Å². The van der Waals surface area contributed by atoms with Gasteiger partial charge in [0.25, 0.3) is 0 Å². The van der Waals surface area contributed by atoms with Crippen LogP contribution in [0.15, 0.2) is 11.5 Å². The molecule has 7 nitrogen and oxygen atoms in total. The van der Waals surface area contributed by atoms with E-state index < -0.39 is 0 Å². The Bertz CT molecular complexity index is 307. The van der Waals surface area contributed by atoms with Crippen LogP contribution in [0.1, 0.15) is 12.2 Å². The van der Waals surface area contributed by atoms with Crippen LogP contribution in [0.2, 0.25) is 0 Å². The first-order chi connectivity index (χ1) is 6.74. The van der Waals surface area contributed by atoms with Gasteiger partial charge in [0.1, 0.15) is 18.0 Å². The molecule has 0 spiro atoms. The minimum Gasteiger partial charge on any atom is -0.409 e. The van der Waals surface area contributed by atoms with E-state index in [0.717, 1.165) is 5.82 Å². The first kappa shape index (κ1) is 10.5. The van der Waals surface area contributed by atoms with Crippen molar-refractivity contribution in [3.63, 3.8) is 0 Å². The van der Waals surface area contributed by atoms with Crippen LogP contribution in [-0.4, -0.2) is 32.4 Å². The smallest absolute Gasteiger partial charge is 0.146 e. The van der Waals surface area contributed by atoms with Gasteiger partial charge >= 0.3 is 0 Å². The van der Waals surface area contributed by atoms with E-state index in [1.54, 1.807) is 6.33 Å². The molecule has 0 bridgehead atoms. The van der Waals surface area contributed by atoms with Crippen molar-refractivity contribution < 1.29 is 5.21 Å². The zero-order chi connectivity index (χ0) is 10.4. The molecule has 7 heteroatoms. The third kappa shape index (κ3) is 3.02. The Morgan fingerprint density at radius 2 is 2.57 bits per heavy atom. The highest BCUT2D eigenvalue weighted by atomic mass is 16.4. The molecule has 0 radical (unpaired) electrons. The molecule has 0 aliphatic rings. The Hall–Kier alpha value is -1.63. The van der Waals surface area contributed by atoms with Crippen LogP contribution < -0.4 is 11.1 Å². The maximum Gasteiger partial charge on any atom is 0.146 e. The molecule has 0 aliphatic carbocycles. The quantitative estimate of drug-likeness (QED) is 0.186. The molecule has 1 rings (SSSR count). The van der Waals surface area contributed by atoms with Gasteiger partial charge in [0, 0.05) is 20.0 Å². The SMILES string of the molecule is Cn1cnnc1CNCCC(N)=NO. The average molecular weight is 198 g/mol. The van der Waals surface area contributed by atoms with Gasteiger partial charge in [-0.3, -0.25) is 0 Å². The van der Waals surface area contributed by atoms with Crippen LogP contribution in [0.4, 0.5) is 0 Å². The lowest BCUT2D eigenvalue weighted by Crippen LogP contribution is -2.23. The summed E-state index contributed by atoms with van der Waals surface area (Å²) in [6, 6.07) is 0. The number of aromatic nitrogens is 3. The van der Waals surface area contributed by atoms with E-state index in [4.69, 9.17) is 10.9 Å². The largest absolute Gasteiger partial charge is 0.409 e. The van der Waals surface area contributed by atoms with Crippen molar-refractivity contribution >= 4 is 5.84 Å². The van der Waals surface area contributed by atoms with Gasteiger partial charge in [-0.15, -0.1) is 10.2 Å². The van der Waals surface area contributed by atoms with Crippen molar-refractivity contribution in [1.29, 1.82) is 0 Å². The molecule has 0 amide bonds. The molecule has 0 saturated heterocycles. The van der Waals surface area contributed by atoms with Gasteiger partial charge in [-0.2, -0.15) is 0 Å². The van der Waals surface area contributed by atoms with Gasteiger partial charge in [0.05, 0.1) is 6.54 Å². The molecule has 0 aromatic carbocycles. The number of nitrogens with two attached hydrogens (primary N) is 1. The van der Waals surface area contributed by atoms with Gasteiger partial charge in [-0.1, -0.05) is 5.16 Å². The van der Waals surface area contributed by atoms with Gasteiger partial charge in [0.2, 0.25) is 0 Å². The van der Waals surface area contributed by atoms with E-state index >= 15 is 0 Å². The van der Waals surface area contributed by atoms with Crippen LogP contribution in [0.3, 0.4) is 0 Å². The molecule has 0 aliphatic heterocycles. The van der Waals surface area contributed by atoms with Crippen LogP contribution in [0.25, 0.3) is 0 Å². The number of nitrogens with zero attached hydrogens (tertiary/aromatic N) is 4. The molecular formula is C7H14N6O. The number of amidine groups is 1. The maximum absolute atomic E-state index is 8.27. The first-order valence-corrected chi connectivity index (χ1v) is 4.24. The van der Waals surface area contributed by atoms with Crippen molar-refractivity contribution in [3.8, 4) is 0 Å². The molecule has 78 valence electrons. The Kier molecular flexibility index (Phi) is 3.86. The second-order valence-corrected chi connectivity index (χ2v) is 2.88. The predicted octanol–water partition coefficient (Wildman–Crippen LogP) is -0.959. The van der Waals surface area contributed by atoms with Crippen molar-refractivity contribution in [3.05, 3.63) is 12.2 Å². The van der Waals surface area contributed by atoms with E-state index in [0.29, 0.717) is 19.5 Å². The monoisotopic (exact) mass is 198 g/mol. The number of oxime groups is 1. The second-order valence-electron chi connectivity index (χ2n) is 2.88. The highest BCUT2D eigenvalue weighted by Crippen LogP contribution is 1.89. The standard InChI is InChI=1S/C7H14N6O/c1-13-5-10-11-7(13)4-9-3-2-6(8)12-14/h5,9,14H,2-4H2,1H3,(H2,8,12). The normalized spacial score (nSPS) is 11.9. The minimum absolute atomic E-state index is 0.218. The molecule has 0 unspecified atom stereocenters. The van der Waals surface area contributed by atoms with Crippen molar-refractivity contribution in [2.75, 3.05) is 6.54 Å². The molecule has 4 N–H and O–H groups in total. The van der Waals surface area contributed by atoms with E-state index in [-0.39, 0.29) is 5.84 Å². The maximum atomic E-state index is 8.27. The topological polar surface area (TPSA) is 101 Å². The van der Waals surface area contributed by atoms with E-state index in [9.17, 15) is 0 Å². The molecule has 1 aromatic heterocycles.